The second-order valence-corrected chi connectivity index (χ2v) is 4.82. The summed E-state index contributed by atoms with van der Waals surface area (Å²) in [5.74, 6) is 0. The van der Waals surface area contributed by atoms with E-state index in [4.69, 9.17) is 0 Å². The molecule has 13 heavy (non-hydrogen) atoms. The highest BCUT2D eigenvalue weighted by molar-refractivity contribution is 4.92. The summed E-state index contributed by atoms with van der Waals surface area (Å²) in [6.45, 7) is 5.87. The predicted molar refractivity (Wildman–Crippen MR) is 58.0 cm³/mol. The Balaban J connectivity index is 2.63. The Kier molecular flexibility index (Phi) is 3.74. The van der Waals surface area contributed by atoms with Crippen LogP contribution in [-0.2, 0) is 0 Å². The lowest BCUT2D eigenvalue weighted by Gasteiger charge is -2.39. The lowest BCUT2D eigenvalue weighted by molar-refractivity contribution is 0.149. The molecule has 0 radical (unpaired) electrons. The molecule has 1 rings (SSSR count). The van der Waals surface area contributed by atoms with Crippen LogP contribution in [0.2, 0.25) is 0 Å². The van der Waals surface area contributed by atoms with Crippen molar-refractivity contribution in [3.05, 3.63) is 0 Å². The average molecular weight is 184 g/mol. The van der Waals surface area contributed by atoms with E-state index in [1.165, 1.54) is 32.2 Å². The van der Waals surface area contributed by atoms with Gasteiger partial charge >= 0.3 is 0 Å². The quantitative estimate of drug-likeness (QED) is 0.704. The first-order valence-corrected chi connectivity index (χ1v) is 5.47. The first kappa shape index (κ1) is 11.0. The molecule has 0 bridgehead atoms. The molecule has 1 atom stereocenters. The van der Waals surface area contributed by atoms with Gasteiger partial charge in [0, 0.05) is 11.6 Å². The van der Waals surface area contributed by atoms with Gasteiger partial charge in [-0.05, 0) is 47.3 Å². The molecular formula is C11H24N2. The summed E-state index contributed by atoms with van der Waals surface area (Å²) >= 11 is 0. The van der Waals surface area contributed by atoms with Crippen molar-refractivity contribution in [3.8, 4) is 0 Å². The van der Waals surface area contributed by atoms with E-state index in [2.05, 4.69) is 38.2 Å². The molecule has 1 saturated heterocycles. The SMILES string of the molecule is CNC(C)(C)C1CCCCCN1C. The van der Waals surface area contributed by atoms with Crippen molar-refractivity contribution in [2.45, 2.75) is 51.1 Å². The largest absolute Gasteiger partial charge is 0.313 e. The summed E-state index contributed by atoms with van der Waals surface area (Å²) in [6, 6.07) is 0.694. The van der Waals surface area contributed by atoms with Crippen LogP contribution in [0.25, 0.3) is 0 Å². The molecule has 0 saturated carbocycles. The van der Waals surface area contributed by atoms with Crippen LogP contribution in [0.15, 0.2) is 0 Å². The third-order valence-corrected chi connectivity index (χ3v) is 3.50. The molecule has 1 aliphatic heterocycles. The fourth-order valence-electron chi connectivity index (χ4n) is 2.33. The van der Waals surface area contributed by atoms with E-state index in [1.54, 1.807) is 0 Å². The van der Waals surface area contributed by atoms with Gasteiger partial charge in [0.1, 0.15) is 0 Å². The molecule has 0 amide bonds. The van der Waals surface area contributed by atoms with Crippen molar-refractivity contribution >= 4 is 0 Å². The van der Waals surface area contributed by atoms with E-state index < -0.39 is 0 Å². The Labute approximate surface area is 82.7 Å². The van der Waals surface area contributed by atoms with Gasteiger partial charge in [0.25, 0.3) is 0 Å². The van der Waals surface area contributed by atoms with E-state index in [1.807, 2.05) is 0 Å². The van der Waals surface area contributed by atoms with E-state index in [-0.39, 0.29) is 5.54 Å². The summed E-state index contributed by atoms with van der Waals surface area (Å²) in [5.41, 5.74) is 0.249. The highest BCUT2D eigenvalue weighted by Gasteiger charge is 2.31. The smallest absolute Gasteiger partial charge is 0.0277 e. The monoisotopic (exact) mass is 184 g/mol. The van der Waals surface area contributed by atoms with Crippen molar-refractivity contribution in [1.29, 1.82) is 0 Å². The highest BCUT2D eigenvalue weighted by Crippen LogP contribution is 2.23. The molecule has 0 spiro atoms. The summed E-state index contributed by atoms with van der Waals surface area (Å²) in [6.07, 6.45) is 5.50. The Hall–Kier alpha value is -0.0800. The van der Waals surface area contributed by atoms with Crippen LogP contribution in [0.1, 0.15) is 39.5 Å². The topological polar surface area (TPSA) is 15.3 Å². The fourth-order valence-corrected chi connectivity index (χ4v) is 2.33. The van der Waals surface area contributed by atoms with Gasteiger partial charge in [-0.25, -0.2) is 0 Å². The Morgan fingerprint density at radius 1 is 1.23 bits per heavy atom. The van der Waals surface area contributed by atoms with Gasteiger partial charge in [-0.2, -0.15) is 0 Å². The van der Waals surface area contributed by atoms with Crippen LogP contribution < -0.4 is 5.32 Å². The molecule has 1 aliphatic rings. The van der Waals surface area contributed by atoms with Gasteiger partial charge in [-0.3, -0.25) is 0 Å². The minimum absolute atomic E-state index is 0.249. The minimum Gasteiger partial charge on any atom is -0.313 e. The molecule has 1 heterocycles. The van der Waals surface area contributed by atoms with Gasteiger partial charge in [-0.15, -0.1) is 0 Å². The third-order valence-electron chi connectivity index (χ3n) is 3.50. The molecule has 0 aromatic rings. The van der Waals surface area contributed by atoms with Crippen LogP contribution >= 0.6 is 0 Å². The van der Waals surface area contributed by atoms with Gasteiger partial charge in [0.05, 0.1) is 0 Å². The van der Waals surface area contributed by atoms with Crippen molar-refractivity contribution in [2.75, 3.05) is 20.6 Å². The Bertz CT molecular complexity index is 154. The number of likely N-dealkylation sites (N-methyl/N-ethyl adjacent to an activating group) is 2. The number of nitrogens with one attached hydrogen (secondary N) is 1. The zero-order chi connectivity index (χ0) is 9.90. The molecule has 78 valence electrons. The van der Waals surface area contributed by atoms with Crippen LogP contribution in [-0.4, -0.2) is 37.1 Å². The second kappa shape index (κ2) is 4.43. The zero-order valence-corrected chi connectivity index (χ0v) is 9.56. The maximum absolute atomic E-state index is 3.43. The molecular weight excluding hydrogens is 160 g/mol. The van der Waals surface area contributed by atoms with E-state index in [9.17, 15) is 0 Å². The molecule has 0 aromatic carbocycles. The van der Waals surface area contributed by atoms with E-state index >= 15 is 0 Å². The summed E-state index contributed by atoms with van der Waals surface area (Å²) < 4.78 is 0. The average Bonchev–Trinajstić information content (AvgIpc) is 2.30. The standard InChI is InChI=1S/C11H24N2/c1-11(2,12-3)10-8-6-5-7-9-13(10)4/h10,12H,5-9H2,1-4H3. The molecule has 2 heteroatoms. The number of hydrogen-bond acceptors (Lipinski definition) is 2. The highest BCUT2D eigenvalue weighted by atomic mass is 15.2. The van der Waals surface area contributed by atoms with Crippen LogP contribution in [0, 0.1) is 0 Å². The molecule has 1 unspecified atom stereocenters. The Morgan fingerprint density at radius 3 is 2.54 bits per heavy atom. The van der Waals surface area contributed by atoms with E-state index in [0.29, 0.717) is 6.04 Å². The van der Waals surface area contributed by atoms with Gasteiger partial charge in [0.15, 0.2) is 0 Å². The minimum atomic E-state index is 0.249. The van der Waals surface area contributed by atoms with Gasteiger partial charge < -0.3 is 10.2 Å². The molecule has 0 aromatic heterocycles. The molecule has 1 N–H and O–H groups in total. The number of nitrogens with zero attached hydrogens (tertiary/aromatic N) is 1. The summed E-state index contributed by atoms with van der Waals surface area (Å²) in [4.78, 5) is 2.52. The Morgan fingerprint density at radius 2 is 1.92 bits per heavy atom. The van der Waals surface area contributed by atoms with Crippen LogP contribution in [0.3, 0.4) is 0 Å². The van der Waals surface area contributed by atoms with Crippen molar-refractivity contribution in [1.82, 2.24) is 10.2 Å². The number of hydrogen-bond donors (Lipinski definition) is 1. The predicted octanol–water partition coefficient (Wildman–Crippen LogP) is 1.86. The summed E-state index contributed by atoms with van der Waals surface area (Å²) in [5, 5.41) is 3.43. The van der Waals surface area contributed by atoms with Gasteiger partial charge in [0.2, 0.25) is 0 Å². The fraction of sp³-hybridized carbons (Fsp3) is 1.00. The normalized spacial score (nSPS) is 27.2. The van der Waals surface area contributed by atoms with Crippen molar-refractivity contribution < 1.29 is 0 Å². The third kappa shape index (κ3) is 2.68. The van der Waals surface area contributed by atoms with Crippen molar-refractivity contribution in [2.24, 2.45) is 0 Å². The lowest BCUT2D eigenvalue weighted by Crippen LogP contribution is -2.54. The maximum Gasteiger partial charge on any atom is 0.0277 e. The first-order valence-electron chi connectivity index (χ1n) is 5.47. The number of likely N-dealkylation sites (tertiary alicyclic amines) is 1. The molecule has 1 fully saturated rings. The molecule has 2 nitrogen and oxygen atoms in total. The summed E-state index contributed by atoms with van der Waals surface area (Å²) in [7, 11) is 4.33. The van der Waals surface area contributed by atoms with Crippen molar-refractivity contribution in [3.63, 3.8) is 0 Å². The van der Waals surface area contributed by atoms with Crippen LogP contribution in [0.4, 0.5) is 0 Å². The van der Waals surface area contributed by atoms with E-state index in [0.717, 1.165) is 0 Å². The second-order valence-electron chi connectivity index (χ2n) is 4.82. The number of rotatable bonds is 2. The maximum atomic E-state index is 3.43. The molecule has 0 aliphatic carbocycles. The zero-order valence-electron chi connectivity index (χ0n) is 9.56. The first-order chi connectivity index (χ1) is 6.08. The lowest BCUT2D eigenvalue weighted by atomic mass is 9.90. The van der Waals surface area contributed by atoms with Gasteiger partial charge in [-0.1, -0.05) is 12.8 Å². The van der Waals surface area contributed by atoms with Crippen LogP contribution in [0.5, 0.6) is 0 Å².